The van der Waals surface area contributed by atoms with Crippen LogP contribution in [0.5, 0.6) is 5.75 Å². The molecule has 5 nitrogen and oxygen atoms in total. The van der Waals surface area contributed by atoms with Crippen molar-refractivity contribution in [2.75, 3.05) is 0 Å². The molecule has 10 heteroatoms. The predicted molar refractivity (Wildman–Crippen MR) is 98.9 cm³/mol. The first kappa shape index (κ1) is 19.9. The first-order valence-corrected chi connectivity index (χ1v) is 9.27. The van der Waals surface area contributed by atoms with Crippen LogP contribution in [0.4, 0.5) is 13.2 Å². The largest absolute Gasteiger partial charge is 0.573 e. The molecule has 0 radical (unpaired) electrons. The predicted octanol–water partition coefficient (Wildman–Crippen LogP) is 5.64. The summed E-state index contributed by atoms with van der Waals surface area (Å²) in [5.41, 5.74) is 1.47. The molecule has 0 unspecified atom stereocenters. The van der Waals surface area contributed by atoms with Crippen LogP contribution in [0.25, 0.3) is 11.0 Å². The number of nitrogens with zero attached hydrogens (tertiary/aromatic N) is 4. The van der Waals surface area contributed by atoms with Crippen molar-refractivity contribution < 1.29 is 17.9 Å². The van der Waals surface area contributed by atoms with Crippen LogP contribution in [0.1, 0.15) is 30.8 Å². The molecular weight excluding hydrogens is 449 g/mol. The highest BCUT2D eigenvalue weighted by molar-refractivity contribution is 9.10. The molecule has 0 aliphatic carbocycles. The average molecular weight is 464 g/mol. The fourth-order valence-electron chi connectivity index (χ4n) is 2.82. The Hall–Kier alpha value is -1.87. The maximum absolute atomic E-state index is 12.3. The molecule has 1 aromatic carbocycles. The van der Waals surface area contributed by atoms with Gasteiger partial charge < -0.3 is 4.74 Å². The Morgan fingerprint density at radius 3 is 2.48 bits per heavy atom. The Labute approximate surface area is 166 Å². The van der Waals surface area contributed by atoms with Gasteiger partial charge in [0.15, 0.2) is 5.65 Å². The van der Waals surface area contributed by atoms with Gasteiger partial charge >= 0.3 is 6.36 Å². The van der Waals surface area contributed by atoms with Crippen LogP contribution in [0.2, 0.25) is 5.15 Å². The van der Waals surface area contributed by atoms with Gasteiger partial charge in [0, 0.05) is 0 Å². The van der Waals surface area contributed by atoms with E-state index in [1.54, 1.807) is 23.7 Å². The minimum atomic E-state index is -4.70. The maximum Gasteiger partial charge on any atom is 0.573 e. The highest BCUT2D eigenvalue weighted by atomic mass is 79.9. The molecule has 1 atom stereocenters. The number of hydrogen-bond acceptors (Lipinski definition) is 4. The van der Waals surface area contributed by atoms with Gasteiger partial charge in [-0.3, -0.25) is 0 Å². The molecular formula is C17H15BrClF3N4O. The average Bonchev–Trinajstić information content (AvgIpc) is 2.89. The molecule has 3 aromatic rings. The Morgan fingerprint density at radius 2 is 1.89 bits per heavy atom. The molecule has 3 rings (SSSR count). The van der Waals surface area contributed by atoms with Crippen molar-refractivity contribution in [1.82, 2.24) is 19.7 Å². The van der Waals surface area contributed by atoms with Crippen molar-refractivity contribution >= 4 is 38.6 Å². The molecule has 0 aliphatic heterocycles. The molecule has 2 aromatic heterocycles. The van der Waals surface area contributed by atoms with Crippen LogP contribution in [0.15, 0.2) is 28.9 Å². The quantitative estimate of drug-likeness (QED) is 0.459. The summed E-state index contributed by atoms with van der Waals surface area (Å²) in [5.74, 6) is 0.284. The summed E-state index contributed by atoms with van der Waals surface area (Å²) >= 11 is 9.61. The minimum Gasteiger partial charge on any atom is -0.406 e. The number of alkyl halides is 3. The van der Waals surface area contributed by atoms with Crippen LogP contribution in [-0.4, -0.2) is 26.1 Å². The second kappa shape index (κ2) is 7.63. The van der Waals surface area contributed by atoms with E-state index in [0.29, 0.717) is 33.0 Å². The molecule has 0 N–H and O–H groups in total. The third-order valence-electron chi connectivity index (χ3n) is 4.02. The second-order valence-corrected chi connectivity index (χ2v) is 7.06. The van der Waals surface area contributed by atoms with Crippen molar-refractivity contribution in [1.29, 1.82) is 0 Å². The lowest BCUT2D eigenvalue weighted by Crippen LogP contribution is -2.17. The lowest BCUT2D eigenvalue weighted by Gasteiger charge is -2.17. The topological polar surface area (TPSA) is 52.8 Å². The van der Waals surface area contributed by atoms with Crippen molar-refractivity contribution in [3.63, 3.8) is 0 Å². The zero-order valence-electron chi connectivity index (χ0n) is 14.4. The molecule has 27 heavy (non-hydrogen) atoms. The van der Waals surface area contributed by atoms with Gasteiger partial charge in [-0.1, -0.05) is 30.7 Å². The molecule has 0 saturated heterocycles. The smallest absolute Gasteiger partial charge is 0.406 e. The summed E-state index contributed by atoms with van der Waals surface area (Å²) < 4.78 is 43.1. The second-order valence-electron chi connectivity index (χ2n) is 5.95. The summed E-state index contributed by atoms with van der Waals surface area (Å²) in [5, 5.41) is 5.45. The van der Waals surface area contributed by atoms with E-state index in [9.17, 15) is 13.2 Å². The van der Waals surface area contributed by atoms with E-state index in [1.807, 2.05) is 6.92 Å². The van der Waals surface area contributed by atoms with Crippen molar-refractivity contribution in [3.05, 3.63) is 45.4 Å². The van der Waals surface area contributed by atoms with Gasteiger partial charge in [0.05, 0.1) is 11.4 Å². The first-order chi connectivity index (χ1) is 12.7. The summed E-state index contributed by atoms with van der Waals surface area (Å²) in [7, 11) is 0. The number of ether oxygens (including phenoxy) is 1. The van der Waals surface area contributed by atoms with Crippen molar-refractivity contribution in [2.45, 2.75) is 39.1 Å². The Kier molecular flexibility index (Phi) is 5.62. The highest BCUT2D eigenvalue weighted by Gasteiger charge is 2.31. The molecule has 2 heterocycles. The van der Waals surface area contributed by atoms with Gasteiger partial charge in [0.1, 0.15) is 21.3 Å². The van der Waals surface area contributed by atoms with E-state index in [2.05, 4.69) is 35.7 Å². The van der Waals surface area contributed by atoms with E-state index in [4.69, 9.17) is 11.6 Å². The number of aryl methyl sites for hydroxylation is 1. The summed E-state index contributed by atoms with van der Waals surface area (Å²) in [6.07, 6.45) is -3.40. The van der Waals surface area contributed by atoms with Crippen molar-refractivity contribution in [3.8, 4) is 5.75 Å². The van der Waals surface area contributed by atoms with Gasteiger partial charge in [0.2, 0.25) is 0 Å². The number of benzene rings is 1. The van der Waals surface area contributed by atoms with Gasteiger partial charge in [0.25, 0.3) is 0 Å². The lowest BCUT2D eigenvalue weighted by atomic mass is 10.0. The van der Waals surface area contributed by atoms with Gasteiger partial charge in [-0.15, -0.1) is 13.2 Å². The van der Waals surface area contributed by atoms with Gasteiger partial charge in [-0.2, -0.15) is 5.10 Å². The third-order valence-corrected chi connectivity index (χ3v) is 4.85. The normalized spacial score (nSPS) is 13.1. The molecule has 0 fully saturated rings. The molecule has 0 amide bonds. The van der Waals surface area contributed by atoms with Crippen LogP contribution < -0.4 is 4.74 Å². The number of aromatic nitrogens is 4. The SMILES string of the molecule is CC[C@@H](Cc1ccc(OC(F)(F)F)cc1)n1nc(Br)c2c(Cl)nc(C)nc21. The Balaban J connectivity index is 1.89. The van der Waals surface area contributed by atoms with Gasteiger partial charge in [-0.05, 0) is 53.4 Å². The summed E-state index contributed by atoms with van der Waals surface area (Å²) in [6, 6.07) is 5.76. The minimum absolute atomic E-state index is 0.0569. The van der Waals surface area contributed by atoms with Crippen LogP contribution in [-0.2, 0) is 6.42 Å². The number of halogens is 5. The standard InChI is InChI=1S/C17H15BrClF3N4O/c1-3-11(8-10-4-6-12(7-5-10)27-17(20,21)22)26-16-13(14(18)25-26)15(19)23-9(2)24-16/h4-7,11H,3,8H2,1-2H3/t11-/m0/s1. The van der Waals surface area contributed by atoms with E-state index in [1.165, 1.54) is 12.1 Å². The van der Waals surface area contributed by atoms with Crippen LogP contribution >= 0.6 is 27.5 Å². The summed E-state index contributed by atoms with van der Waals surface area (Å²) in [6.45, 7) is 3.75. The molecule has 0 spiro atoms. The molecule has 0 saturated carbocycles. The Bertz CT molecular complexity index is 959. The molecule has 0 aliphatic rings. The monoisotopic (exact) mass is 462 g/mol. The fourth-order valence-corrected chi connectivity index (χ4v) is 3.76. The molecule has 0 bridgehead atoms. The third kappa shape index (κ3) is 4.52. The number of hydrogen-bond donors (Lipinski definition) is 0. The maximum atomic E-state index is 12.3. The zero-order valence-corrected chi connectivity index (χ0v) is 16.7. The van der Waals surface area contributed by atoms with Crippen LogP contribution in [0.3, 0.4) is 0 Å². The zero-order chi connectivity index (χ0) is 19.8. The van der Waals surface area contributed by atoms with E-state index < -0.39 is 6.36 Å². The first-order valence-electron chi connectivity index (χ1n) is 8.10. The summed E-state index contributed by atoms with van der Waals surface area (Å²) in [4.78, 5) is 8.60. The lowest BCUT2D eigenvalue weighted by molar-refractivity contribution is -0.274. The van der Waals surface area contributed by atoms with E-state index in [-0.39, 0.29) is 11.8 Å². The van der Waals surface area contributed by atoms with E-state index >= 15 is 0 Å². The molecule has 144 valence electrons. The van der Waals surface area contributed by atoms with Crippen molar-refractivity contribution in [2.24, 2.45) is 0 Å². The van der Waals surface area contributed by atoms with Crippen LogP contribution in [0, 0.1) is 6.92 Å². The van der Waals surface area contributed by atoms with E-state index in [0.717, 1.165) is 12.0 Å². The number of fused-ring (bicyclic) bond motifs is 1. The Morgan fingerprint density at radius 1 is 1.22 bits per heavy atom. The number of rotatable bonds is 5. The van der Waals surface area contributed by atoms with Gasteiger partial charge in [-0.25, -0.2) is 14.6 Å². The fraction of sp³-hybridized carbons (Fsp3) is 0.353. The highest BCUT2D eigenvalue weighted by Crippen LogP contribution is 2.32.